The molecule has 0 fully saturated rings. The first kappa shape index (κ1) is 15.0. The van der Waals surface area contributed by atoms with Gasteiger partial charge in [-0.15, -0.1) is 0 Å². The SMILES string of the molecule is COc1ccc(C(C)CC(=O)O)cc1-c1ccccc1F. The lowest BCUT2D eigenvalue weighted by atomic mass is 9.93. The molecule has 0 aliphatic heterocycles. The zero-order valence-corrected chi connectivity index (χ0v) is 12.0. The van der Waals surface area contributed by atoms with Crippen LogP contribution >= 0.6 is 0 Å². The fourth-order valence-electron chi connectivity index (χ4n) is 2.30. The second-order valence-corrected chi connectivity index (χ2v) is 4.94. The van der Waals surface area contributed by atoms with Crippen molar-refractivity contribution in [2.75, 3.05) is 7.11 Å². The maximum Gasteiger partial charge on any atom is 0.303 e. The second kappa shape index (κ2) is 6.39. The van der Waals surface area contributed by atoms with E-state index in [1.165, 1.54) is 13.2 Å². The first-order valence-electron chi connectivity index (χ1n) is 6.67. The van der Waals surface area contributed by atoms with Crippen molar-refractivity contribution in [2.24, 2.45) is 0 Å². The molecule has 0 amide bonds. The molecule has 0 saturated heterocycles. The van der Waals surface area contributed by atoms with Gasteiger partial charge in [0.25, 0.3) is 0 Å². The molecule has 0 heterocycles. The van der Waals surface area contributed by atoms with Gasteiger partial charge in [-0.25, -0.2) is 4.39 Å². The Labute approximate surface area is 123 Å². The molecule has 3 nitrogen and oxygen atoms in total. The summed E-state index contributed by atoms with van der Waals surface area (Å²) in [5.74, 6) is -0.782. The van der Waals surface area contributed by atoms with Gasteiger partial charge in [-0.3, -0.25) is 4.79 Å². The molecule has 2 rings (SSSR count). The van der Waals surface area contributed by atoms with Crippen LogP contribution in [0.5, 0.6) is 5.75 Å². The van der Waals surface area contributed by atoms with E-state index in [-0.39, 0.29) is 18.2 Å². The number of carbonyl (C=O) groups is 1. The molecule has 0 spiro atoms. The molecule has 4 heteroatoms. The molecule has 2 aromatic carbocycles. The molecule has 0 bridgehead atoms. The number of ether oxygens (including phenoxy) is 1. The van der Waals surface area contributed by atoms with Gasteiger partial charge in [0.2, 0.25) is 0 Å². The van der Waals surface area contributed by atoms with Gasteiger partial charge in [-0.2, -0.15) is 0 Å². The number of methoxy groups -OCH3 is 1. The quantitative estimate of drug-likeness (QED) is 0.901. The number of hydrogen-bond acceptors (Lipinski definition) is 2. The number of carboxylic acid groups (broad SMARTS) is 1. The highest BCUT2D eigenvalue weighted by Gasteiger charge is 2.15. The van der Waals surface area contributed by atoms with Crippen LogP contribution in [-0.4, -0.2) is 18.2 Å². The monoisotopic (exact) mass is 288 g/mol. The van der Waals surface area contributed by atoms with Crippen molar-refractivity contribution >= 4 is 5.97 Å². The summed E-state index contributed by atoms with van der Waals surface area (Å²) in [5.41, 5.74) is 1.92. The van der Waals surface area contributed by atoms with Gasteiger partial charge in [0.15, 0.2) is 0 Å². The predicted molar refractivity (Wildman–Crippen MR) is 79.1 cm³/mol. The molecule has 21 heavy (non-hydrogen) atoms. The highest BCUT2D eigenvalue weighted by molar-refractivity contribution is 5.73. The number of benzene rings is 2. The van der Waals surface area contributed by atoms with Gasteiger partial charge in [-0.05, 0) is 29.7 Å². The van der Waals surface area contributed by atoms with Crippen molar-refractivity contribution in [3.63, 3.8) is 0 Å². The van der Waals surface area contributed by atoms with Gasteiger partial charge in [-0.1, -0.05) is 31.2 Å². The first-order chi connectivity index (χ1) is 10.0. The van der Waals surface area contributed by atoms with Crippen molar-refractivity contribution in [3.8, 4) is 16.9 Å². The van der Waals surface area contributed by atoms with Crippen molar-refractivity contribution in [1.82, 2.24) is 0 Å². The van der Waals surface area contributed by atoms with Crippen LogP contribution in [0.3, 0.4) is 0 Å². The van der Waals surface area contributed by atoms with E-state index >= 15 is 0 Å². The Bertz CT molecular complexity index is 652. The second-order valence-electron chi connectivity index (χ2n) is 4.94. The Morgan fingerprint density at radius 3 is 2.57 bits per heavy atom. The summed E-state index contributed by atoms with van der Waals surface area (Å²) in [6, 6.07) is 11.8. The van der Waals surface area contributed by atoms with Gasteiger partial charge < -0.3 is 9.84 Å². The highest BCUT2D eigenvalue weighted by Crippen LogP contribution is 2.34. The van der Waals surface area contributed by atoms with E-state index < -0.39 is 5.97 Å². The number of hydrogen-bond donors (Lipinski definition) is 1. The minimum Gasteiger partial charge on any atom is -0.496 e. The van der Waals surface area contributed by atoms with E-state index in [0.717, 1.165) is 5.56 Å². The summed E-state index contributed by atoms with van der Waals surface area (Å²) in [6.07, 6.45) is 0.0308. The number of rotatable bonds is 5. The van der Waals surface area contributed by atoms with Crippen LogP contribution in [-0.2, 0) is 4.79 Å². The number of halogens is 1. The summed E-state index contributed by atoms with van der Waals surface area (Å²) >= 11 is 0. The molecule has 1 N–H and O–H groups in total. The Kier molecular flexibility index (Phi) is 4.58. The Balaban J connectivity index is 2.49. The third-order valence-electron chi connectivity index (χ3n) is 3.44. The lowest BCUT2D eigenvalue weighted by molar-refractivity contribution is -0.137. The largest absolute Gasteiger partial charge is 0.496 e. The molecule has 1 unspecified atom stereocenters. The standard InChI is InChI=1S/C17H17FO3/c1-11(9-17(19)20)12-7-8-16(21-2)14(10-12)13-5-3-4-6-15(13)18/h3-8,10-11H,9H2,1-2H3,(H,19,20). The van der Waals surface area contributed by atoms with Crippen LogP contribution in [0.2, 0.25) is 0 Å². The van der Waals surface area contributed by atoms with Crippen LogP contribution in [0.25, 0.3) is 11.1 Å². The van der Waals surface area contributed by atoms with E-state index in [9.17, 15) is 9.18 Å². The van der Waals surface area contributed by atoms with Crippen molar-refractivity contribution < 1.29 is 19.0 Å². The van der Waals surface area contributed by atoms with Gasteiger partial charge in [0.05, 0.1) is 13.5 Å². The normalized spacial score (nSPS) is 12.0. The summed E-state index contributed by atoms with van der Waals surface area (Å²) in [5, 5.41) is 8.89. The van der Waals surface area contributed by atoms with Gasteiger partial charge in [0, 0.05) is 11.1 Å². The summed E-state index contributed by atoms with van der Waals surface area (Å²) < 4.78 is 19.3. The lowest BCUT2D eigenvalue weighted by Gasteiger charge is -2.15. The van der Waals surface area contributed by atoms with E-state index in [1.54, 1.807) is 30.3 Å². The third kappa shape index (κ3) is 3.40. The maximum absolute atomic E-state index is 14.0. The fourth-order valence-corrected chi connectivity index (χ4v) is 2.30. The topological polar surface area (TPSA) is 46.5 Å². The van der Waals surface area contributed by atoms with Crippen LogP contribution in [0, 0.1) is 5.82 Å². The van der Waals surface area contributed by atoms with Crippen LogP contribution in [0.4, 0.5) is 4.39 Å². The zero-order chi connectivity index (χ0) is 15.4. The average Bonchev–Trinajstić information content (AvgIpc) is 2.46. The average molecular weight is 288 g/mol. The van der Waals surface area contributed by atoms with E-state index in [4.69, 9.17) is 9.84 Å². The van der Waals surface area contributed by atoms with Crippen LogP contribution < -0.4 is 4.74 Å². The van der Waals surface area contributed by atoms with E-state index in [1.807, 2.05) is 13.0 Å². The van der Waals surface area contributed by atoms with Crippen LogP contribution in [0.15, 0.2) is 42.5 Å². The summed E-state index contributed by atoms with van der Waals surface area (Å²) in [7, 11) is 1.53. The number of aliphatic carboxylic acids is 1. The molecule has 1 atom stereocenters. The Morgan fingerprint density at radius 2 is 1.95 bits per heavy atom. The van der Waals surface area contributed by atoms with Crippen molar-refractivity contribution in [3.05, 3.63) is 53.8 Å². The first-order valence-corrected chi connectivity index (χ1v) is 6.67. The summed E-state index contributed by atoms with van der Waals surface area (Å²) in [6.45, 7) is 1.83. The third-order valence-corrected chi connectivity index (χ3v) is 3.44. The summed E-state index contributed by atoms with van der Waals surface area (Å²) in [4.78, 5) is 10.8. The Hall–Kier alpha value is -2.36. The van der Waals surface area contributed by atoms with Gasteiger partial charge >= 0.3 is 5.97 Å². The van der Waals surface area contributed by atoms with E-state index in [2.05, 4.69) is 0 Å². The smallest absolute Gasteiger partial charge is 0.303 e. The van der Waals surface area contributed by atoms with Gasteiger partial charge in [0.1, 0.15) is 11.6 Å². The minimum absolute atomic E-state index is 0.0308. The lowest BCUT2D eigenvalue weighted by Crippen LogP contribution is -2.03. The van der Waals surface area contributed by atoms with Crippen molar-refractivity contribution in [1.29, 1.82) is 0 Å². The molecule has 0 aliphatic carbocycles. The van der Waals surface area contributed by atoms with E-state index in [0.29, 0.717) is 16.9 Å². The van der Waals surface area contributed by atoms with Crippen molar-refractivity contribution in [2.45, 2.75) is 19.3 Å². The molecule has 0 saturated carbocycles. The maximum atomic E-state index is 14.0. The molecular weight excluding hydrogens is 271 g/mol. The zero-order valence-electron chi connectivity index (χ0n) is 12.0. The molecule has 2 aromatic rings. The highest BCUT2D eigenvalue weighted by atomic mass is 19.1. The molecule has 0 aromatic heterocycles. The molecular formula is C17H17FO3. The minimum atomic E-state index is -0.856. The predicted octanol–water partition coefficient (Wildman–Crippen LogP) is 4.08. The Morgan fingerprint density at radius 1 is 1.24 bits per heavy atom. The molecule has 0 radical (unpaired) electrons. The number of carboxylic acids is 1. The molecule has 110 valence electrons. The molecule has 0 aliphatic rings. The fraction of sp³-hybridized carbons (Fsp3) is 0.235. The van der Waals surface area contributed by atoms with Crippen LogP contribution in [0.1, 0.15) is 24.8 Å².